The first-order valence-corrected chi connectivity index (χ1v) is 2.99. The third-order valence-electron chi connectivity index (χ3n) is 0.818. The molecule has 4 N–H and O–H groups in total. The second kappa shape index (κ2) is 4.94. The summed E-state index contributed by atoms with van der Waals surface area (Å²) in [4.78, 5) is 24.5. The number of nitrogens with zero attached hydrogens (tertiary/aromatic N) is 1. The molecule has 7 heteroatoms. The average Bonchev–Trinajstić information content (AvgIpc) is 1.97. The van der Waals surface area contributed by atoms with Gasteiger partial charge >= 0.3 is 0 Å². The van der Waals surface area contributed by atoms with Gasteiger partial charge in [-0.3, -0.25) is 4.79 Å². The summed E-state index contributed by atoms with van der Waals surface area (Å²) in [6.07, 6.45) is -0.320. The number of hydrogen-bond donors (Lipinski definition) is 2. The van der Waals surface area contributed by atoms with E-state index >= 15 is 0 Å². The number of carboxylic acid groups (broad SMARTS) is 1. The van der Waals surface area contributed by atoms with E-state index in [0.29, 0.717) is 0 Å². The Morgan fingerprint density at radius 1 is 1.42 bits per heavy atom. The first kappa shape index (κ1) is 10.2. The minimum atomic E-state index is -1.75. The molecule has 0 aromatic rings. The monoisotopic (exact) mass is 174 g/mol. The minimum absolute atomic E-state index is 0.190. The molecule has 12 heavy (non-hydrogen) atoms. The Morgan fingerprint density at radius 3 is 2.42 bits per heavy atom. The predicted molar refractivity (Wildman–Crippen MR) is 36.4 cm³/mol. The van der Waals surface area contributed by atoms with Gasteiger partial charge in [-0.05, 0) is 5.16 Å². The normalized spacial score (nSPS) is 8.67. The zero-order valence-corrected chi connectivity index (χ0v) is 6.15. The van der Waals surface area contributed by atoms with Crippen molar-refractivity contribution in [1.82, 2.24) is 0 Å². The summed E-state index contributed by atoms with van der Waals surface area (Å²) in [5.41, 5.74) is 9.72. The number of nitrogens with two attached hydrogens (primary N) is 2. The molecule has 0 unspecified atom stereocenters. The Balaban J connectivity index is 3.51. The maximum Gasteiger partial charge on any atom is 0.228 e. The summed E-state index contributed by atoms with van der Waals surface area (Å²) in [5, 5.41) is 12.9. The Bertz CT molecular complexity index is 209. The molecule has 0 aromatic carbocycles. The van der Waals surface area contributed by atoms with Gasteiger partial charge in [0.1, 0.15) is 12.6 Å². The molecule has 0 saturated carbocycles. The Labute approximate surface area is 68.0 Å². The van der Waals surface area contributed by atoms with Crippen LogP contribution in [-0.2, 0) is 14.4 Å². The lowest BCUT2D eigenvalue weighted by Gasteiger charge is -1.99. The quantitative estimate of drug-likeness (QED) is 0.149. The SMILES string of the molecule is NC(N)=NOCCC(=O)C(=O)[O-]. The van der Waals surface area contributed by atoms with Crippen molar-refractivity contribution >= 4 is 17.7 Å². The second-order valence-electron chi connectivity index (χ2n) is 1.81. The molecule has 0 aromatic heterocycles. The number of oxime groups is 1. The highest BCUT2D eigenvalue weighted by Gasteiger charge is 2.01. The van der Waals surface area contributed by atoms with E-state index < -0.39 is 11.8 Å². The van der Waals surface area contributed by atoms with Crippen molar-refractivity contribution in [2.75, 3.05) is 6.61 Å². The Morgan fingerprint density at radius 2 is 2.00 bits per heavy atom. The van der Waals surface area contributed by atoms with Crippen molar-refractivity contribution in [3.63, 3.8) is 0 Å². The number of guanidine groups is 1. The van der Waals surface area contributed by atoms with E-state index in [1.54, 1.807) is 0 Å². The Hall–Kier alpha value is -1.79. The van der Waals surface area contributed by atoms with Crippen LogP contribution in [0.4, 0.5) is 0 Å². The van der Waals surface area contributed by atoms with Gasteiger partial charge in [0.25, 0.3) is 0 Å². The predicted octanol–water partition coefficient (Wildman–Crippen LogP) is -3.10. The molecule has 0 rings (SSSR count). The minimum Gasteiger partial charge on any atom is -0.542 e. The number of rotatable bonds is 5. The maximum atomic E-state index is 10.3. The molecule has 0 aliphatic carbocycles. The molecule has 68 valence electrons. The number of carboxylic acids is 1. The molecule has 0 aliphatic rings. The van der Waals surface area contributed by atoms with Crippen molar-refractivity contribution in [1.29, 1.82) is 0 Å². The summed E-state index contributed by atoms with van der Waals surface area (Å²) in [6, 6.07) is 0. The van der Waals surface area contributed by atoms with E-state index in [0.717, 1.165) is 0 Å². The first-order chi connectivity index (χ1) is 5.54. The van der Waals surface area contributed by atoms with E-state index in [2.05, 4.69) is 9.99 Å². The van der Waals surface area contributed by atoms with Gasteiger partial charge in [-0.1, -0.05) is 0 Å². The standard InChI is InChI=1S/C5H9N3O4/c6-5(7)8-12-2-1-3(9)4(10)11/h1-2H2,(H,10,11)(H4,6,7,8)/p-1. The van der Waals surface area contributed by atoms with Gasteiger partial charge in [0.05, 0.1) is 0 Å². The van der Waals surface area contributed by atoms with Crippen LogP contribution in [0.25, 0.3) is 0 Å². The van der Waals surface area contributed by atoms with Gasteiger partial charge in [-0.2, -0.15) is 0 Å². The van der Waals surface area contributed by atoms with Crippen LogP contribution in [-0.4, -0.2) is 24.3 Å². The van der Waals surface area contributed by atoms with Gasteiger partial charge in [0.15, 0.2) is 5.78 Å². The highest BCUT2D eigenvalue weighted by atomic mass is 16.6. The van der Waals surface area contributed by atoms with Crippen LogP contribution in [0.2, 0.25) is 0 Å². The number of ketones is 1. The number of carbonyl (C=O) groups excluding carboxylic acids is 2. The van der Waals surface area contributed by atoms with Gasteiger partial charge < -0.3 is 26.2 Å². The molecule has 0 bridgehead atoms. The zero-order valence-electron chi connectivity index (χ0n) is 6.15. The van der Waals surface area contributed by atoms with E-state index in [1.807, 2.05) is 0 Å². The van der Waals surface area contributed by atoms with Gasteiger partial charge in [-0.25, -0.2) is 0 Å². The van der Waals surface area contributed by atoms with Crippen LogP contribution in [0.15, 0.2) is 5.16 Å². The van der Waals surface area contributed by atoms with Crippen LogP contribution >= 0.6 is 0 Å². The van der Waals surface area contributed by atoms with Gasteiger partial charge in [0, 0.05) is 6.42 Å². The molecule has 0 saturated heterocycles. The number of hydrogen-bond acceptors (Lipinski definition) is 5. The second-order valence-corrected chi connectivity index (χ2v) is 1.81. The molecule has 0 radical (unpaired) electrons. The van der Waals surface area contributed by atoms with Crippen LogP contribution < -0.4 is 16.6 Å². The van der Waals surface area contributed by atoms with Crippen LogP contribution in [0.3, 0.4) is 0 Å². The molecular formula is C5H8N3O4-. The lowest BCUT2D eigenvalue weighted by molar-refractivity contribution is -0.300. The molecule has 0 amide bonds. The molecule has 0 fully saturated rings. The number of carbonyl (C=O) groups is 2. The molecular weight excluding hydrogens is 166 g/mol. The van der Waals surface area contributed by atoms with Gasteiger partial charge in [-0.15, -0.1) is 0 Å². The van der Waals surface area contributed by atoms with Crippen molar-refractivity contribution in [3.8, 4) is 0 Å². The van der Waals surface area contributed by atoms with Crippen molar-refractivity contribution in [3.05, 3.63) is 0 Å². The fraction of sp³-hybridized carbons (Fsp3) is 0.400. The van der Waals surface area contributed by atoms with E-state index in [4.69, 9.17) is 11.5 Å². The smallest absolute Gasteiger partial charge is 0.228 e. The van der Waals surface area contributed by atoms with E-state index in [-0.39, 0.29) is 19.0 Å². The largest absolute Gasteiger partial charge is 0.542 e. The number of Topliss-reactive ketones (excluding diaryl/α,β-unsaturated/α-hetero) is 1. The van der Waals surface area contributed by atoms with E-state index in [1.165, 1.54) is 0 Å². The van der Waals surface area contributed by atoms with Crippen molar-refractivity contribution in [2.45, 2.75) is 6.42 Å². The third-order valence-corrected chi connectivity index (χ3v) is 0.818. The van der Waals surface area contributed by atoms with Crippen LogP contribution in [0.5, 0.6) is 0 Å². The molecule has 7 nitrogen and oxygen atoms in total. The molecule has 0 atom stereocenters. The molecule has 0 spiro atoms. The Kier molecular flexibility index (Phi) is 4.20. The first-order valence-electron chi connectivity index (χ1n) is 2.99. The van der Waals surface area contributed by atoms with E-state index in [9.17, 15) is 14.7 Å². The molecule has 0 heterocycles. The lowest BCUT2D eigenvalue weighted by Crippen LogP contribution is -2.32. The summed E-state index contributed by atoms with van der Waals surface area (Å²) in [5.74, 6) is -3.10. The summed E-state index contributed by atoms with van der Waals surface area (Å²) in [7, 11) is 0. The third kappa shape index (κ3) is 5.03. The fourth-order valence-electron chi connectivity index (χ4n) is 0.361. The molecule has 0 aliphatic heterocycles. The average molecular weight is 174 g/mol. The van der Waals surface area contributed by atoms with Crippen LogP contribution in [0.1, 0.15) is 6.42 Å². The number of aliphatic carboxylic acids is 1. The highest BCUT2D eigenvalue weighted by molar-refractivity contribution is 6.31. The van der Waals surface area contributed by atoms with Crippen molar-refractivity contribution in [2.24, 2.45) is 16.6 Å². The van der Waals surface area contributed by atoms with Crippen LogP contribution in [0, 0.1) is 0 Å². The van der Waals surface area contributed by atoms with Crippen molar-refractivity contribution < 1.29 is 19.5 Å². The summed E-state index contributed by atoms with van der Waals surface area (Å²) in [6.45, 7) is -0.190. The topological polar surface area (TPSA) is 131 Å². The van der Waals surface area contributed by atoms with Gasteiger partial charge in [0.2, 0.25) is 5.96 Å². The lowest BCUT2D eigenvalue weighted by atomic mass is 10.3. The highest BCUT2D eigenvalue weighted by Crippen LogP contribution is 1.84. The fourth-order valence-corrected chi connectivity index (χ4v) is 0.361. The summed E-state index contributed by atoms with van der Waals surface area (Å²) < 4.78 is 0. The summed E-state index contributed by atoms with van der Waals surface area (Å²) >= 11 is 0. The maximum absolute atomic E-state index is 10.3. The zero-order chi connectivity index (χ0) is 9.56.